The molecule has 0 aromatic carbocycles. The topological polar surface area (TPSA) is 69.9 Å². The molecule has 2 heterocycles. The highest BCUT2D eigenvalue weighted by molar-refractivity contribution is 5.81. The Hall–Kier alpha value is -1.14. The molecule has 2 aliphatic rings. The zero-order valence-electron chi connectivity index (χ0n) is 11.7. The zero-order valence-corrected chi connectivity index (χ0v) is 11.7. The van der Waals surface area contributed by atoms with E-state index in [4.69, 9.17) is 5.73 Å². The van der Waals surface area contributed by atoms with Gasteiger partial charge in [0.15, 0.2) is 0 Å². The van der Waals surface area contributed by atoms with Gasteiger partial charge >= 0.3 is 0 Å². The predicted molar refractivity (Wildman–Crippen MR) is 72.4 cm³/mol. The average Bonchev–Trinajstić information content (AvgIpc) is 2.46. The number of hydrogen-bond acceptors (Lipinski definition) is 4. The first kappa shape index (κ1) is 14.3. The summed E-state index contributed by atoms with van der Waals surface area (Å²) < 4.78 is 0. The van der Waals surface area contributed by atoms with Crippen LogP contribution in [0.15, 0.2) is 0 Å². The van der Waals surface area contributed by atoms with E-state index in [0.717, 1.165) is 39.0 Å². The molecule has 0 aliphatic carbocycles. The lowest BCUT2D eigenvalue weighted by atomic mass is 9.95. The molecular weight excluding hydrogens is 244 g/mol. The van der Waals surface area contributed by atoms with Crippen LogP contribution in [0.4, 0.5) is 0 Å². The maximum atomic E-state index is 12.4. The average molecular weight is 268 g/mol. The number of likely N-dealkylation sites (N-methyl/N-ethyl adjacent to an activating group) is 1. The Balaban J connectivity index is 1.81. The van der Waals surface area contributed by atoms with Gasteiger partial charge in [0.2, 0.25) is 11.8 Å². The largest absolute Gasteiger partial charge is 0.342 e. The maximum absolute atomic E-state index is 12.4. The second kappa shape index (κ2) is 6.34. The number of amides is 2. The third kappa shape index (κ3) is 3.45. The molecule has 0 saturated carbocycles. The molecule has 6 heteroatoms. The van der Waals surface area contributed by atoms with E-state index in [1.54, 1.807) is 4.90 Å². The van der Waals surface area contributed by atoms with E-state index in [1.165, 1.54) is 0 Å². The van der Waals surface area contributed by atoms with Gasteiger partial charge in [-0.15, -0.1) is 0 Å². The van der Waals surface area contributed by atoms with Crippen molar-refractivity contribution in [3.63, 3.8) is 0 Å². The number of carbonyl (C=O) groups is 2. The first-order chi connectivity index (χ1) is 9.11. The fraction of sp³-hybridized carbons (Fsp3) is 0.846. The van der Waals surface area contributed by atoms with Crippen molar-refractivity contribution in [3.8, 4) is 0 Å². The molecule has 19 heavy (non-hydrogen) atoms. The monoisotopic (exact) mass is 268 g/mol. The molecule has 0 spiro atoms. The number of piperazine rings is 1. The van der Waals surface area contributed by atoms with Crippen LogP contribution < -0.4 is 5.73 Å². The Morgan fingerprint density at radius 2 is 1.58 bits per heavy atom. The smallest absolute Gasteiger partial charge is 0.236 e. The summed E-state index contributed by atoms with van der Waals surface area (Å²) in [5.74, 6) is 0.351. The van der Waals surface area contributed by atoms with Crippen molar-refractivity contribution in [3.05, 3.63) is 0 Å². The van der Waals surface area contributed by atoms with Crippen LogP contribution in [0.3, 0.4) is 0 Å². The second-order valence-corrected chi connectivity index (χ2v) is 5.49. The molecule has 2 fully saturated rings. The fourth-order valence-corrected chi connectivity index (χ4v) is 2.79. The minimum atomic E-state index is -0.00880. The van der Waals surface area contributed by atoms with Gasteiger partial charge in [-0.2, -0.15) is 0 Å². The second-order valence-electron chi connectivity index (χ2n) is 5.49. The summed E-state index contributed by atoms with van der Waals surface area (Å²) in [4.78, 5) is 29.9. The molecule has 0 bridgehead atoms. The van der Waals surface area contributed by atoms with E-state index in [9.17, 15) is 9.59 Å². The normalized spacial score (nSPS) is 22.6. The van der Waals surface area contributed by atoms with Gasteiger partial charge in [0.05, 0.1) is 6.54 Å². The van der Waals surface area contributed by atoms with Crippen molar-refractivity contribution >= 4 is 11.8 Å². The minimum Gasteiger partial charge on any atom is -0.342 e. The Labute approximate surface area is 114 Å². The number of piperidine rings is 1. The van der Waals surface area contributed by atoms with Crippen molar-refractivity contribution in [1.82, 2.24) is 14.7 Å². The van der Waals surface area contributed by atoms with Crippen LogP contribution in [0.5, 0.6) is 0 Å². The molecule has 2 rings (SSSR count). The van der Waals surface area contributed by atoms with Gasteiger partial charge in [-0.25, -0.2) is 0 Å². The molecule has 0 aromatic rings. The third-order valence-corrected chi connectivity index (χ3v) is 4.19. The quantitative estimate of drug-likeness (QED) is 0.694. The van der Waals surface area contributed by atoms with Crippen LogP contribution >= 0.6 is 0 Å². The highest BCUT2D eigenvalue weighted by atomic mass is 16.2. The van der Waals surface area contributed by atoms with Crippen LogP contribution in [-0.2, 0) is 9.59 Å². The van der Waals surface area contributed by atoms with E-state index < -0.39 is 0 Å². The fourth-order valence-electron chi connectivity index (χ4n) is 2.79. The molecule has 2 N–H and O–H groups in total. The van der Waals surface area contributed by atoms with E-state index >= 15 is 0 Å². The number of carbonyl (C=O) groups excluding carboxylic acids is 2. The summed E-state index contributed by atoms with van der Waals surface area (Å²) >= 11 is 0. The van der Waals surface area contributed by atoms with Gasteiger partial charge in [-0.05, 0) is 19.9 Å². The van der Waals surface area contributed by atoms with Crippen LogP contribution in [0, 0.1) is 5.92 Å². The molecule has 108 valence electrons. The Morgan fingerprint density at radius 3 is 2.11 bits per heavy atom. The Kier molecular flexibility index (Phi) is 4.76. The van der Waals surface area contributed by atoms with Crippen molar-refractivity contribution < 1.29 is 9.59 Å². The number of hydrogen-bond donors (Lipinski definition) is 1. The molecule has 6 nitrogen and oxygen atoms in total. The minimum absolute atomic E-state index is 0.00880. The van der Waals surface area contributed by atoms with Crippen LogP contribution in [-0.4, -0.2) is 79.4 Å². The standard InChI is InChI=1S/C13H24N4O2/c1-15-6-8-17(9-7-15)13(19)11-2-4-16(5-3-11)12(18)10-14/h11H,2-10,14H2,1H3. The van der Waals surface area contributed by atoms with Crippen LogP contribution in [0.1, 0.15) is 12.8 Å². The van der Waals surface area contributed by atoms with Crippen LogP contribution in [0.2, 0.25) is 0 Å². The van der Waals surface area contributed by atoms with Crippen LogP contribution in [0.25, 0.3) is 0 Å². The molecule has 2 amide bonds. The zero-order chi connectivity index (χ0) is 13.8. The Morgan fingerprint density at radius 1 is 1.00 bits per heavy atom. The molecule has 2 aliphatic heterocycles. The Bertz CT molecular complexity index is 332. The molecule has 0 radical (unpaired) electrons. The first-order valence-electron chi connectivity index (χ1n) is 7.07. The summed E-state index contributed by atoms with van der Waals surface area (Å²) in [6, 6.07) is 0. The lowest BCUT2D eigenvalue weighted by Gasteiger charge is -2.37. The lowest BCUT2D eigenvalue weighted by molar-refractivity contribution is -0.141. The number of nitrogens with zero attached hydrogens (tertiary/aromatic N) is 3. The van der Waals surface area contributed by atoms with Gasteiger partial charge in [-0.1, -0.05) is 0 Å². The van der Waals surface area contributed by atoms with Gasteiger partial charge in [0.25, 0.3) is 0 Å². The molecule has 2 saturated heterocycles. The number of likely N-dealkylation sites (tertiary alicyclic amines) is 1. The summed E-state index contributed by atoms with van der Waals surface area (Å²) in [7, 11) is 2.08. The first-order valence-corrected chi connectivity index (χ1v) is 7.07. The molecule has 0 unspecified atom stereocenters. The maximum Gasteiger partial charge on any atom is 0.236 e. The van der Waals surface area contributed by atoms with Gasteiger partial charge < -0.3 is 20.4 Å². The highest BCUT2D eigenvalue weighted by Crippen LogP contribution is 2.20. The number of rotatable bonds is 2. The van der Waals surface area contributed by atoms with Gasteiger partial charge in [0, 0.05) is 45.2 Å². The summed E-state index contributed by atoms with van der Waals surface area (Å²) in [6.45, 7) is 4.97. The molecule has 0 atom stereocenters. The summed E-state index contributed by atoms with van der Waals surface area (Å²) in [5.41, 5.74) is 5.36. The van der Waals surface area contributed by atoms with Crippen molar-refractivity contribution in [2.75, 3.05) is 52.9 Å². The summed E-state index contributed by atoms with van der Waals surface area (Å²) in [6.07, 6.45) is 1.55. The van der Waals surface area contributed by atoms with Gasteiger partial charge in [0.1, 0.15) is 0 Å². The van der Waals surface area contributed by atoms with E-state index in [-0.39, 0.29) is 24.3 Å². The molecular formula is C13H24N4O2. The number of nitrogens with two attached hydrogens (primary N) is 1. The van der Waals surface area contributed by atoms with Crippen molar-refractivity contribution in [2.45, 2.75) is 12.8 Å². The lowest BCUT2D eigenvalue weighted by Crippen LogP contribution is -2.51. The summed E-state index contributed by atoms with van der Waals surface area (Å²) in [5, 5.41) is 0. The van der Waals surface area contributed by atoms with Gasteiger partial charge in [-0.3, -0.25) is 9.59 Å². The SMILES string of the molecule is CN1CCN(C(=O)C2CCN(C(=O)CN)CC2)CC1. The van der Waals surface area contributed by atoms with Crippen molar-refractivity contribution in [2.24, 2.45) is 11.7 Å². The third-order valence-electron chi connectivity index (χ3n) is 4.19. The molecule has 0 aromatic heterocycles. The van der Waals surface area contributed by atoms with E-state index in [0.29, 0.717) is 13.1 Å². The highest BCUT2D eigenvalue weighted by Gasteiger charge is 2.30. The predicted octanol–water partition coefficient (Wildman–Crippen LogP) is -1.04. The van der Waals surface area contributed by atoms with E-state index in [2.05, 4.69) is 11.9 Å². The van der Waals surface area contributed by atoms with E-state index in [1.807, 2.05) is 4.90 Å². The van der Waals surface area contributed by atoms with Crippen molar-refractivity contribution in [1.29, 1.82) is 0 Å².